The molecule has 3 saturated heterocycles. The maximum absolute atomic E-state index is 13.7. The van der Waals surface area contributed by atoms with Crippen molar-refractivity contribution in [3.05, 3.63) is 54.2 Å². The predicted molar refractivity (Wildman–Crippen MR) is 139 cm³/mol. The van der Waals surface area contributed by atoms with Gasteiger partial charge in [0.2, 0.25) is 11.8 Å². The van der Waals surface area contributed by atoms with Crippen molar-refractivity contribution in [1.82, 2.24) is 15.1 Å². The molecular weight excluding hydrogens is 454 g/mol. The fraction of sp³-hybridized carbons (Fsp3) is 0.464. The van der Waals surface area contributed by atoms with E-state index in [1.807, 2.05) is 30.0 Å². The van der Waals surface area contributed by atoms with Crippen molar-refractivity contribution < 1.29 is 14.3 Å². The maximum Gasteiger partial charge on any atom is 0.229 e. The van der Waals surface area contributed by atoms with E-state index in [-0.39, 0.29) is 35.8 Å². The van der Waals surface area contributed by atoms with Crippen LogP contribution in [0.2, 0.25) is 0 Å². The van der Waals surface area contributed by atoms with Crippen LogP contribution in [0.15, 0.2) is 48.7 Å². The number of hydrogen-bond acceptors (Lipinski definition) is 5. The molecule has 3 aliphatic heterocycles. The number of carbonyl (C=O) groups is 2. The van der Waals surface area contributed by atoms with E-state index >= 15 is 0 Å². The molecule has 8 nitrogen and oxygen atoms in total. The summed E-state index contributed by atoms with van der Waals surface area (Å²) in [5.74, 6) is -0.153. The Labute approximate surface area is 211 Å². The molecule has 0 aliphatic carbocycles. The number of amides is 2. The standard InChI is InChI=1S/C28H33N5O3/c1-18-13-24-20(16-29-31-24)14-23(18)30-27(34)21-15-26-25(9-12-36-26)33(17-21)28(35)19-7-10-32(11-8-19)22-5-3-2-4-6-22/h2-6,13-14,16,19,21,25-26H,7-12,15,17H2,1H3,(H,29,31)(H,30,34)/t21-,25?,26?/m1/s1. The van der Waals surface area contributed by atoms with Gasteiger partial charge in [0.15, 0.2) is 0 Å². The van der Waals surface area contributed by atoms with Gasteiger partial charge in [-0.25, -0.2) is 0 Å². The van der Waals surface area contributed by atoms with Crippen molar-refractivity contribution in [2.45, 2.75) is 44.8 Å². The molecule has 6 rings (SSSR count). The molecule has 188 valence electrons. The van der Waals surface area contributed by atoms with Crippen LogP contribution in [0.5, 0.6) is 0 Å². The smallest absolute Gasteiger partial charge is 0.229 e. The van der Waals surface area contributed by atoms with Crippen molar-refractivity contribution in [3.63, 3.8) is 0 Å². The highest BCUT2D eigenvalue weighted by atomic mass is 16.5. The molecule has 0 radical (unpaired) electrons. The molecule has 2 unspecified atom stereocenters. The Morgan fingerprint density at radius 3 is 2.69 bits per heavy atom. The lowest BCUT2D eigenvalue weighted by Crippen LogP contribution is -2.56. The lowest BCUT2D eigenvalue weighted by atomic mass is 9.86. The SMILES string of the molecule is Cc1cc2[nH]ncc2cc1NC(=O)[C@@H]1CC2OCCC2N(C(=O)C2CCN(c3ccccc3)CC2)C1. The van der Waals surface area contributed by atoms with Gasteiger partial charge in [0.1, 0.15) is 0 Å². The summed E-state index contributed by atoms with van der Waals surface area (Å²) in [6.07, 6.45) is 4.86. The quantitative estimate of drug-likeness (QED) is 0.585. The first-order chi connectivity index (χ1) is 17.6. The minimum atomic E-state index is -0.294. The highest BCUT2D eigenvalue weighted by Gasteiger charge is 2.45. The molecule has 36 heavy (non-hydrogen) atoms. The predicted octanol–water partition coefficient (Wildman–Crippen LogP) is 3.73. The first kappa shape index (κ1) is 23.0. The molecule has 3 fully saturated rings. The van der Waals surface area contributed by atoms with Crippen LogP contribution in [0.25, 0.3) is 10.9 Å². The molecule has 2 amide bonds. The Hall–Kier alpha value is -3.39. The molecule has 3 aliphatic rings. The lowest BCUT2D eigenvalue weighted by molar-refractivity contribution is -0.145. The van der Waals surface area contributed by atoms with Crippen molar-refractivity contribution in [3.8, 4) is 0 Å². The van der Waals surface area contributed by atoms with Gasteiger partial charge in [-0.05, 0) is 62.4 Å². The number of nitrogens with one attached hydrogen (secondary N) is 2. The summed E-state index contributed by atoms with van der Waals surface area (Å²) >= 11 is 0. The number of aromatic nitrogens is 2. The third-order valence-corrected chi connectivity index (χ3v) is 8.17. The Bertz CT molecular complexity index is 1250. The number of rotatable bonds is 4. The van der Waals surface area contributed by atoms with E-state index in [9.17, 15) is 9.59 Å². The summed E-state index contributed by atoms with van der Waals surface area (Å²) in [5.41, 5.74) is 3.92. The first-order valence-electron chi connectivity index (χ1n) is 13.0. The van der Waals surface area contributed by atoms with E-state index in [1.54, 1.807) is 6.20 Å². The molecule has 2 N–H and O–H groups in total. The minimum Gasteiger partial charge on any atom is -0.376 e. The average molecular weight is 488 g/mol. The minimum absolute atomic E-state index is 0.00114. The number of nitrogens with zero attached hydrogens (tertiary/aromatic N) is 3. The summed E-state index contributed by atoms with van der Waals surface area (Å²) in [6, 6.07) is 14.4. The van der Waals surface area contributed by atoms with Gasteiger partial charge in [-0.3, -0.25) is 14.7 Å². The van der Waals surface area contributed by atoms with Crippen LogP contribution in [0.3, 0.4) is 0 Å². The number of benzene rings is 2. The highest BCUT2D eigenvalue weighted by Crippen LogP contribution is 2.35. The van der Waals surface area contributed by atoms with E-state index in [0.717, 1.165) is 54.5 Å². The van der Waals surface area contributed by atoms with E-state index in [1.165, 1.54) is 5.69 Å². The third-order valence-electron chi connectivity index (χ3n) is 8.17. The van der Waals surface area contributed by atoms with Gasteiger partial charge >= 0.3 is 0 Å². The number of likely N-dealkylation sites (tertiary alicyclic amines) is 1. The van der Waals surface area contributed by atoms with Gasteiger partial charge in [-0.1, -0.05) is 18.2 Å². The number of piperidine rings is 2. The van der Waals surface area contributed by atoms with Crippen molar-refractivity contribution in [2.24, 2.45) is 11.8 Å². The topological polar surface area (TPSA) is 90.6 Å². The molecule has 0 spiro atoms. The van der Waals surface area contributed by atoms with Crippen molar-refractivity contribution in [1.29, 1.82) is 0 Å². The summed E-state index contributed by atoms with van der Waals surface area (Å²) < 4.78 is 6.01. The van der Waals surface area contributed by atoms with E-state index in [4.69, 9.17) is 4.74 Å². The van der Waals surface area contributed by atoms with Crippen molar-refractivity contribution >= 4 is 34.1 Å². The molecule has 4 heterocycles. The number of ether oxygens (including phenoxy) is 1. The zero-order valence-electron chi connectivity index (χ0n) is 20.7. The van der Waals surface area contributed by atoms with Gasteiger partial charge in [0.05, 0.1) is 29.8 Å². The summed E-state index contributed by atoms with van der Waals surface area (Å²) in [6.45, 7) is 4.83. The van der Waals surface area contributed by atoms with Crippen LogP contribution >= 0.6 is 0 Å². The van der Waals surface area contributed by atoms with Gasteiger partial charge in [-0.2, -0.15) is 5.10 Å². The number of anilines is 2. The van der Waals surface area contributed by atoms with Gasteiger partial charge in [0, 0.05) is 48.9 Å². The van der Waals surface area contributed by atoms with Crippen molar-refractivity contribution in [2.75, 3.05) is 36.5 Å². The number of hydrogen-bond donors (Lipinski definition) is 2. The lowest BCUT2D eigenvalue weighted by Gasteiger charge is -2.43. The summed E-state index contributed by atoms with van der Waals surface area (Å²) in [4.78, 5) is 31.5. The second-order valence-electron chi connectivity index (χ2n) is 10.4. The number of aromatic amines is 1. The second-order valence-corrected chi connectivity index (χ2v) is 10.4. The zero-order chi connectivity index (χ0) is 24.6. The largest absolute Gasteiger partial charge is 0.376 e. The fourth-order valence-corrected chi connectivity index (χ4v) is 6.12. The van der Waals surface area contributed by atoms with E-state index in [2.05, 4.69) is 44.7 Å². The molecular formula is C28H33N5O3. The van der Waals surface area contributed by atoms with Gasteiger partial charge in [-0.15, -0.1) is 0 Å². The molecule has 0 bridgehead atoms. The van der Waals surface area contributed by atoms with Crippen LogP contribution < -0.4 is 10.2 Å². The number of carbonyl (C=O) groups excluding carboxylic acids is 2. The van der Waals surface area contributed by atoms with Crippen LogP contribution in [0.1, 0.15) is 31.2 Å². The van der Waals surface area contributed by atoms with Crippen LogP contribution in [-0.4, -0.2) is 65.3 Å². The molecule has 2 aromatic carbocycles. The van der Waals surface area contributed by atoms with Gasteiger partial charge in [0.25, 0.3) is 0 Å². The van der Waals surface area contributed by atoms with Gasteiger partial charge < -0.3 is 19.9 Å². The number of para-hydroxylation sites is 1. The molecule has 3 atom stereocenters. The highest BCUT2D eigenvalue weighted by molar-refractivity contribution is 5.96. The molecule has 8 heteroatoms. The Kier molecular flexibility index (Phi) is 6.13. The number of fused-ring (bicyclic) bond motifs is 2. The Balaban J connectivity index is 1.14. The zero-order valence-corrected chi connectivity index (χ0v) is 20.7. The summed E-state index contributed by atoms with van der Waals surface area (Å²) in [7, 11) is 0. The van der Waals surface area contributed by atoms with Crippen LogP contribution in [-0.2, 0) is 14.3 Å². The molecule has 3 aromatic rings. The van der Waals surface area contributed by atoms with E-state index < -0.39 is 0 Å². The number of H-pyrrole nitrogens is 1. The second kappa shape index (κ2) is 9.58. The fourth-order valence-electron chi connectivity index (χ4n) is 6.12. The Morgan fingerprint density at radius 1 is 1.08 bits per heavy atom. The van der Waals surface area contributed by atoms with E-state index in [0.29, 0.717) is 19.6 Å². The Morgan fingerprint density at radius 2 is 1.89 bits per heavy atom. The first-order valence-corrected chi connectivity index (χ1v) is 13.0. The third kappa shape index (κ3) is 4.34. The van der Waals surface area contributed by atoms with Crippen LogP contribution in [0, 0.1) is 18.8 Å². The normalized spacial score (nSPS) is 24.6. The average Bonchev–Trinajstić information content (AvgIpc) is 3.57. The van der Waals surface area contributed by atoms with Crippen LogP contribution in [0.4, 0.5) is 11.4 Å². The molecule has 0 saturated carbocycles. The summed E-state index contributed by atoms with van der Waals surface area (Å²) in [5, 5.41) is 11.1. The number of aryl methyl sites for hydroxylation is 1. The maximum atomic E-state index is 13.7. The molecule has 1 aromatic heterocycles. The monoisotopic (exact) mass is 487 g/mol.